The molecule has 126 valence electrons. The van der Waals surface area contributed by atoms with Crippen molar-refractivity contribution in [1.82, 2.24) is 19.4 Å². The molecule has 3 rings (SSSR count). The highest BCUT2D eigenvalue weighted by molar-refractivity contribution is 7.89. The van der Waals surface area contributed by atoms with Gasteiger partial charge in [0, 0.05) is 13.2 Å². The standard InChI is InChI=1S/C15H16N4O4S/c1-19-9-5-6-11(19)15-17-14(23-18-15)10-16-24(20,21)13-8-4-3-7-12(13)22-2/h3-9,16H,10H2,1-2H3. The molecule has 3 aromatic rings. The maximum absolute atomic E-state index is 12.4. The van der Waals surface area contributed by atoms with Gasteiger partial charge in [0.1, 0.15) is 10.6 Å². The second-order valence-electron chi connectivity index (χ2n) is 4.99. The zero-order valence-corrected chi connectivity index (χ0v) is 13.9. The van der Waals surface area contributed by atoms with Crippen molar-refractivity contribution >= 4 is 10.0 Å². The van der Waals surface area contributed by atoms with Crippen molar-refractivity contribution < 1.29 is 17.7 Å². The van der Waals surface area contributed by atoms with Gasteiger partial charge in [-0.2, -0.15) is 4.98 Å². The second kappa shape index (κ2) is 6.46. The fraction of sp³-hybridized carbons (Fsp3) is 0.200. The summed E-state index contributed by atoms with van der Waals surface area (Å²) in [6, 6.07) is 10.1. The molecule has 0 spiro atoms. The molecule has 0 aliphatic rings. The lowest BCUT2D eigenvalue weighted by molar-refractivity contribution is 0.375. The highest BCUT2D eigenvalue weighted by atomic mass is 32.2. The van der Waals surface area contributed by atoms with Gasteiger partial charge in [0.2, 0.25) is 21.7 Å². The average Bonchev–Trinajstić information content (AvgIpc) is 3.21. The summed E-state index contributed by atoms with van der Waals surface area (Å²) in [5.41, 5.74) is 0.776. The first-order valence-corrected chi connectivity index (χ1v) is 8.56. The van der Waals surface area contributed by atoms with Crippen LogP contribution < -0.4 is 9.46 Å². The Balaban J connectivity index is 1.76. The molecule has 24 heavy (non-hydrogen) atoms. The fourth-order valence-corrected chi connectivity index (χ4v) is 3.34. The number of nitrogens with one attached hydrogen (secondary N) is 1. The Morgan fingerprint density at radius 1 is 1.25 bits per heavy atom. The predicted octanol–water partition coefficient (Wildman–Crippen LogP) is 1.56. The Morgan fingerprint density at radius 2 is 2.04 bits per heavy atom. The maximum atomic E-state index is 12.4. The Bertz CT molecular complexity index is 946. The lowest BCUT2D eigenvalue weighted by Crippen LogP contribution is -2.23. The first-order valence-electron chi connectivity index (χ1n) is 7.08. The number of aryl methyl sites for hydroxylation is 1. The molecule has 0 radical (unpaired) electrons. The minimum absolute atomic E-state index is 0.0506. The van der Waals surface area contributed by atoms with Gasteiger partial charge in [-0.25, -0.2) is 13.1 Å². The van der Waals surface area contributed by atoms with Gasteiger partial charge in [-0.05, 0) is 24.3 Å². The SMILES string of the molecule is COc1ccccc1S(=O)(=O)NCc1nc(-c2cccn2C)no1. The van der Waals surface area contributed by atoms with Gasteiger partial charge in [0.05, 0.1) is 19.3 Å². The molecule has 1 N–H and O–H groups in total. The molecule has 0 atom stereocenters. The average molecular weight is 348 g/mol. The zero-order chi connectivity index (χ0) is 17.2. The second-order valence-corrected chi connectivity index (χ2v) is 6.73. The highest BCUT2D eigenvalue weighted by Gasteiger charge is 2.20. The molecule has 8 nitrogen and oxygen atoms in total. The number of methoxy groups -OCH3 is 1. The van der Waals surface area contributed by atoms with Crippen LogP contribution in [0.1, 0.15) is 5.89 Å². The molecule has 0 unspecified atom stereocenters. The van der Waals surface area contributed by atoms with Crippen LogP contribution in [-0.2, 0) is 23.6 Å². The fourth-order valence-electron chi connectivity index (χ4n) is 2.20. The molecule has 0 saturated heterocycles. The molecule has 2 heterocycles. The smallest absolute Gasteiger partial charge is 0.244 e. The van der Waals surface area contributed by atoms with E-state index >= 15 is 0 Å². The molecule has 1 aromatic carbocycles. The quantitative estimate of drug-likeness (QED) is 0.726. The molecule has 9 heteroatoms. The van der Waals surface area contributed by atoms with E-state index in [1.165, 1.54) is 13.2 Å². The molecular formula is C15H16N4O4S. The largest absolute Gasteiger partial charge is 0.495 e. The van der Waals surface area contributed by atoms with Crippen molar-refractivity contribution in [2.24, 2.45) is 7.05 Å². The van der Waals surface area contributed by atoms with Crippen molar-refractivity contribution in [2.45, 2.75) is 11.4 Å². The van der Waals surface area contributed by atoms with Crippen LogP contribution in [0.15, 0.2) is 52.0 Å². The Labute approximate surface area is 139 Å². The van der Waals surface area contributed by atoms with Gasteiger partial charge in [-0.3, -0.25) is 0 Å². The van der Waals surface area contributed by atoms with E-state index in [0.717, 1.165) is 5.69 Å². The zero-order valence-electron chi connectivity index (χ0n) is 13.1. The summed E-state index contributed by atoms with van der Waals surface area (Å²) in [6.07, 6.45) is 1.86. The van der Waals surface area contributed by atoms with Crippen LogP contribution in [0.25, 0.3) is 11.5 Å². The van der Waals surface area contributed by atoms with Crippen molar-refractivity contribution in [3.8, 4) is 17.3 Å². The van der Waals surface area contributed by atoms with Gasteiger partial charge in [0.25, 0.3) is 0 Å². The van der Waals surface area contributed by atoms with Gasteiger partial charge in [-0.15, -0.1) is 0 Å². The minimum Gasteiger partial charge on any atom is -0.495 e. The number of hydrogen-bond donors (Lipinski definition) is 1. The number of ether oxygens (including phenoxy) is 1. The van der Waals surface area contributed by atoms with Crippen LogP contribution in [0.2, 0.25) is 0 Å². The molecule has 0 aliphatic carbocycles. The van der Waals surface area contributed by atoms with E-state index in [9.17, 15) is 8.42 Å². The van der Waals surface area contributed by atoms with E-state index in [1.807, 2.05) is 29.9 Å². The van der Waals surface area contributed by atoms with Crippen LogP contribution in [-0.4, -0.2) is 30.2 Å². The first-order chi connectivity index (χ1) is 11.5. The summed E-state index contributed by atoms with van der Waals surface area (Å²) >= 11 is 0. The molecule has 0 saturated carbocycles. The van der Waals surface area contributed by atoms with Crippen LogP contribution in [0.5, 0.6) is 5.75 Å². The number of para-hydroxylation sites is 1. The molecule has 2 aromatic heterocycles. The number of rotatable bonds is 6. The summed E-state index contributed by atoms with van der Waals surface area (Å²) in [4.78, 5) is 4.25. The molecule has 0 bridgehead atoms. The number of aromatic nitrogens is 3. The van der Waals surface area contributed by atoms with Crippen LogP contribution in [0.3, 0.4) is 0 Å². The molecule has 0 fully saturated rings. The monoisotopic (exact) mass is 348 g/mol. The number of sulfonamides is 1. The topological polar surface area (TPSA) is 99.2 Å². The van der Waals surface area contributed by atoms with Gasteiger partial charge in [0.15, 0.2) is 0 Å². The normalized spacial score (nSPS) is 11.6. The molecule has 0 amide bonds. The van der Waals surface area contributed by atoms with Crippen molar-refractivity contribution in [3.63, 3.8) is 0 Å². The van der Waals surface area contributed by atoms with Crippen molar-refractivity contribution in [3.05, 3.63) is 48.5 Å². The minimum atomic E-state index is -3.76. The summed E-state index contributed by atoms with van der Waals surface area (Å²) < 4.78 is 39.2. The number of hydrogen-bond acceptors (Lipinski definition) is 6. The maximum Gasteiger partial charge on any atom is 0.244 e. The van der Waals surface area contributed by atoms with E-state index in [1.54, 1.807) is 18.2 Å². The summed E-state index contributed by atoms with van der Waals surface area (Å²) in [7, 11) is -0.490. The van der Waals surface area contributed by atoms with E-state index in [2.05, 4.69) is 14.9 Å². The highest BCUT2D eigenvalue weighted by Crippen LogP contribution is 2.22. The number of benzene rings is 1. The van der Waals surface area contributed by atoms with Crippen molar-refractivity contribution in [1.29, 1.82) is 0 Å². The Morgan fingerprint density at radius 3 is 2.75 bits per heavy atom. The third-order valence-electron chi connectivity index (χ3n) is 3.41. The van der Waals surface area contributed by atoms with E-state index < -0.39 is 10.0 Å². The Kier molecular flexibility index (Phi) is 4.36. The Hall–Kier alpha value is -2.65. The van der Waals surface area contributed by atoms with E-state index in [-0.39, 0.29) is 23.1 Å². The lowest BCUT2D eigenvalue weighted by atomic mass is 10.3. The lowest BCUT2D eigenvalue weighted by Gasteiger charge is -2.09. The summed E-state index contributed by atoms with van der Waals surface area (Å²) in [6.45, 7) is -0.113. The third-order valence-corrected chi connectivity index (χ3v) is 4.85. The van der Waals surface area contributed by atoms with E-state index in [4.69, 9.17) is 9.26 Å². The molecule has 0 aliphatic heterocycles. The third kappa shape index (κ3) is 3.17. The van der Waals surface area contributed by atoms with Crippen LogP contribution in [0.4, 0.5) is 0 Å². The van der Waals surface area contributed by atoms with Gasteiger partial charge < -0.3 is 13.8 Å². The number of nitrogens with zero attached hydrogens (tertiary/aromatic N) is 3. The van der Waals surface area contributed by atoms with Gasteiger partial charge >= 0.3 is 0 Å². The predicted molar refractivity (Wildman–Crippen MR) is 85.7 cm³/mol. The van der Waals surface area contributed by atoms with Gasteiger partial charge in [-0.1, -0.05) is 17.3 Å². The van der Waals surface area contributed by atoms with Crippen LogP contribution >= 0.6 is 0 Å². The summed E-state index contributed by atoms with van der Waals surface area (Å²) in [5, 5.41) is 3.86. The summed E-state index contributed by atoms with van der Waals surface area (Å²) in [5.74, 6) is 0.832. The van der Waals surface area contributed by atoms with E-state index in [0.29, 0.717) is 5.82 Å². The van der Waals surface area contributed by atoms with Crippen LogP contribution in [0, 0.1) is 0 Å². The molecular weight excluding hydrogens is 332 g/mol. The first kappa shape index (κ1) is 16.2. The van der Waals surface area contributed by atoms with Crippen molar-refractivity contribution in [2.75, 3.05) is 7.11 Å².